The van der Waals surface area contributed by atoms with Gasteiger partial charge in [-0.3, -0.25) is 4.79 Å². The minimum Gasteiger partial charge on any atom is -0.475 e. The first-order valence-corrected chi connectivity index (χ1v) is 17.5. The third-order valence-corrected chi connectivity index (χ3v) is 11.1. The van der Waals surface area contributed by atoms with Crippen molar-refractivity contribution in [3.05, 3.63) is 59.3 Å². The number of benzene rings is 1. The van der Waals surface area contributed by atoms with Crippen LogP contribution in [0.2, 0.25) is 0 Å². The molecule has 10 nitrogen and oxygen atoms in total. The summed E-state index contributed by atoms with van der Waals surface area (Å²) in [4.78, 5) is 29.8. The molecule has 3 aromatic rings. The maximum absolute atomic E-state index is 14.4. The molecule has 1 aliphatic heterocycles. The number of fused-ring (bicyclic) bond motifs is 4. The monoisotopic (exact) mass is 647 g/mol. The van der Waals surface area contributed by atoms with E-state index in [0.29, 0.717) is 12.1 Å². The number of carbonyl (C=O) groups is 1. The van der Waals surface area contributed by atoms with E-state index in [4.69, 9.17) is 4.74 Å². The maximum Gasteiger partial charge on any atom is 0.281 e. The number of aromatic nitrogens is 3. The standard InChI is InChI=1S/C35H45N5O5S/c1-21-10-8-11-22(2)30(21)27-14-28-38-32(37-27)39-46(43,44)29-13-9-12-26(36-29)31(41)40(25(20-45-28)17-33(3,4)5)24-18-35(19-24)15-23(16-35)34(6,7)42/h8-14,23-25,42H,15-20H2,1-7H3,(H,37,38,39)/t23?,24?,25-,35?/m1/s1. The summed E-state index contributed by atoms with van der Waals surface area (Å²) in [5.41, 5.74) is 2.66. The van der Waals surface area contributed by atoms with E-state index < -0.39 is 15.6 Å². The number of ether oxygens (including phenoxy) is 1. The van der Waals surface area contributed by atoms with Crippen LogP contribution < -0.4 is 9.46 Å². The first-order chi connectivity index (χ1) is 21.4. The largest absolute Gasteiger partial charge is 0.475 e. The number of aliphatic hydroxyl groups is 1. The van der Waals surface area contributed by atoms with Gasteiger partial charge in [-0.1, -0.05) is 45.0 Å². The van der Waals surface area contributed by atoms with E-state index in [0.717, 1.165) is 42.4 Å². The fourth-order valence-corrected chi connectivity index (χ4v) is 8.50. The molecule has 1 atom stereocenters. The number of hydrogen-bond acceptors (Lipinski definition) is 8. The summed E-state index contributed by atoms with van der Waals surface area (Å²) in [5, 5.41) is 10.3. The van der Waals surface area contributed by atoms with Crippen LogP contribution in [0, 0.1) is 30.6 Å². The van der Waals surface area contributed by atoms with Crippen LogP contribution >= 0.6 is 0 Å². The van der Waals surface area contributed by atoms with E-state index in [1.165, 1.54) is 6.07 Å². The lowest BCUT2D eigenvalue weighted by Crippen LogP contribution is -2.63. The molecule has 1 spiro atoms. The Morgan fingerprint density at radius 1 is 0.957 bits per heavy atom. The zero-order valence-corrected chi connectivity index (χ0v) is 28.6. The number of nitrogens with zero attached hydrogens (tertiary/aromatic N) is 4. The number of anilines is 1. The molecule has 2 N–H and O–H groups in total. The van der Waals surface area contributed by atoms with Crippen molar-refractivity contribution in [3.63, 3.8) is 0 Å². The minimum atomic E-state index is -4.24. The predicted molar refractivity (Wildman–Crippen MR) is 176 cm³/mol. The van der Waals surface area contributed by atoms with Crippen LogP contribution in [0.4, 0.5) is 5.95 Å². The molecule has 246 valence electrons. The summed E-state index contributed by atoms with van der Waals surface area (Å²) < 4.78 is 36.1. The molecule has 0 unspecified atom stereocenters. The number of sulfonamides is 1. The third-order valence-electron chi connectivity index (χ3n) is 9.87. The average molecular weight is 648 g/mol. The Balaban J connectivity index is 1.43. The van der Waals surface area contributed by atoms with Gasteiger partial charge in [0.1, 0.15) is 12.3 Å². The van der Waals surface area contributed by atoms with Crippen LogP contribution in [0.15, 0.2) is 47.5 Å². The lowest BCUT2D eigenvalue weighted by molar-refractivity contribution is -0.147. The first-order valence-electron chi connectivity index (χ1n) is 16.1. The fraction of sp³-hybridized carbons (Fsp3) is 0.543. The third kappa shape index (κ3) is 6.36. The number of amides is 1. The molecule has 11 heteroatoms. The van der Waals surface area contributed by atoms with Crippen molar-refractivity contribution >= 4 is 21.9 Å². The van der Waals surface area contributed by atoms with Gasteiger partial charge < -0.3 is 14.7 Å². The highest BCUT2D eigenvalue weighted by molar-refractivity contribution is 7.92. The van der Waals surface area contributed by atoms with Gasteiger partial charge in [0.15, 0.2) is 5.03 Å². The molecule has 2 aliphatic carbocycles. The molecule has 2 aromatic heterocycles. The number of aryl methyl sites for hydroxylation is 2. The second-order valence-electron chi connectivity index (χ2n) is 15.4. The van der Waals surface area contributed by atoms with Crippen LogP contribution in [-0.2, 0) is 10.0 Å². The summed E-state index contributed by atoms with van der Waals surface area (Å²) in [6, 6.07) is 11.7. The number of hydrogen-bond donors (Lipinski definition) is 2. The zero-order valence-electron chi connectivity index (χ0n) is 27.8. The second-order valence-corrected chi connectivity index (χ2v) is 17.0. The Hall–Kier alpha value is -3.57. The molecule has 0 radical (unpaired) electrons. The molecule has 1 amide bonds. The normalized spacial score (nSPS) is 26.0. The van der Waals surface area contributed by atoms with Crippen molar-refractivity contribution in [2.24, 2.45) is 16.7 Å². The summed E-state index contributed by atoms with van der Waals surface area (Å²) >= 11 is 0. The molecule has 3 aliphatic rings. The van der Waals surface area contributed by atoms with E-state index in [9.17, 15) is 18.3 Å². The molecule has 2 fully saturated rings. The number of pyridine rings is 1. The highest BCUT2D eigenvalue weighted by Gasteiger charge is 2.58. The highest BCUT2D eigenvalue weighted by Crippen LogP contribution is 2.62. The van der Waals surface area contributed by atoms with Crippen molar-refractivity contribution in [2.45, 2.75) is 103 Å². The summed E-state index contributed by atoms with van der Waals surface area (Å²) in [6.45, 7) is 14.3. The Bertz CT molecular complexity index is 1740. The first kappa shape index (κ1) is 32.4. The van der Waals surface area contributed by atoms with Crippen LogP contribution in [0.3, 0.4) is 0 Å². The van der Waals surface area contributed by atoms with E-state index in [1.807, 2.05) is 50.8 Å². The van der Waals surface area contributed by atoms with Crippen LogP contribution in [-0.4, -0.2) is 63.6 Å². The zero-order chi connectivity index (χ0) is 33.2. The van der Waals surface area contributed by atoms with Crippen LogP contribution in [0.25, 0.3) is 11.3 Å². The molecule has 1 aromatic carbocycles. The average Bonchev–Trinajstić information content (AvgIpc) is 2.89. The minimum absolute atomic E-state index is 0.0637. The second kappa shape index (κ2) is 11.3. The Morgan fingerprint density at radius 3 is 2.24 bits per heavy atom. The summed E-state index contributed by atoms with van der Waals surface area (Å²) in [5.74, 6) is 0.000459. The van der Waals surface area contributed by atoms with Crippen molar-refractivity contribution in [2.75, 3.05) is 11.3 Å². The van der Waals surface area contributed by atoms with Gasteiger partial charge >= 0.3 is 0 Å². The SMILES string of the molecule is Cc1cccc(C)c1-c1cc2nc(n1)NS(=O)(=O)c1cccc(n1)C(=O)N(C1CC3(C1)CC(C(C)(C)O)C3)[C@H](CC(C)(C)C)CO2. The number of nitrogens with one attached hydrogen (secondary N) is 1. The summed E-state index contributed by atoms with van der Waals surface area (Å²) in [7, 11) is -4.24. The lowest BCUT2D eigenvalue weighted by Gasteiger charge is -2.62. The van der Waals surface area contributed by atoms with Crippen molar-refractivity contribution in [1.82, 2.24) is 19.9 Å². The molecule has 6 rings (SSSR count). The topological polar surface area (TPSA) is 135 Å². The van der Waals surface area contributed by atoms with Crippen molar-refractivity contribution in [3.8, 4) is 17.1 Å². The number of rotatable bonds is 4. The Kier molecular flexibility index (Phi) is 7.95. The van der Waals surface area contributed by atoms with Gasteiger partial charge in [-0.15, -0.1) is 0 Å². The molecule has 2 saturated carbocycles. The van der Waals surface area contributed by atoms with Crippen LogP contribution in [0.5, 0.6) is 5.88 Å². The van der Waals surface area contributed by atoms with E-state index in [2.05, 4.69) is 40.4 Å². The van der Waals surface area contributed by atoms with Crippen LogP contribution in [0.1, 0.15) is 88.3 Å². The summed E-state index contributed by atoms with van der Waals surface area (Å²) in [6.07, 6.45) is 4.14. The molecular weight excluding hydrogens is 602 g/mol. The van der Waals surface area contributed by atoms with Gasteiger partial charge in [0.25, 0.3) is 15.9 Å². The van der Waals surface area contributed by atoms with Crippen molar-refractivity contribution in [1.29, 1.82) is 0 Å². The fourth-order valence-electron chi connectivity index (χ4n) is 7.59. The van der Waals surface area contributed by atoms with Gasteiger partial charge in [0, 0.05) is 17.7 Å². The molecule has 4 bridgehead atoms. The smallest absolute Gasteiger partial charge is 0.281 e. The number of carbonyl (C=O) groups excluding carboxylic acids is 1. The van der Waals surface area contributed by atoms with E-state index in [1.54, 1.807) is 18.2 Å². The van der Waals surface area contributed by atoms with Crippen molar-refractivity contribution < 1.29 is 23.1 Å². The molecule has 3 heterocycles. The molecular formula is C35H45N5O5S. The van der Waals surface area contributed by atoms with Gasteiger partial charge in [-0.25, -0.2) is 14.7 Å². The quantitative estimate of drug-likeness (QED) is 0.356. The Labute approximate surface area is 272 Å². The van der Waals surface area contributed by atoms with Gasteiger partial charge in [-0.2, -0.15) is 13.4 Å². The Morgan fingerprint density at radius 2 is 1.61 bits per heavy atom. The van der Waals surface area contributed by atoms with E-state index in [-0.39, 0.29) is 63.9 Å². The van der Waals surface area contributed by atoms with Gasteiger partial charge in [0.05, 0.1) is 17.3 Å². The molecule has 0 saturated heterocycles. The highest BCUT2D eigenvalue weighted by atomic mass is 32.2. The lowest BCUT2D eigenvalue weighted by atomic mass is 9.47. The molecule has 46 heavy (non-hydrogen) atoms. The van der Waals surface area contributed by atoms with E-state index >= 15 is 0 Å². The maximum atomic E-state index is 14.4. The van der Waals surface area contributed by atoms with Gasteiger partial charge in [0.2, 0.25) is 11.8 Å². The van der Waals surface area contributed by atoms with Gasteiger partial charge in [-0.05, 0) is 99.8 Å². The predicted octanol–water partition coefficient (Wildman–Crippen LogP) is 5.93.